The molecule has 6 heteroatoms. The van der Waals surface area contributed by atoms with Gasteiger partial charge < -0.3 is 14.6 Å². The average molecular weight is 428 g/mol. The Kier molecular flexibility index (Phi) is 5.69. The highest BCUT2D eigenvalue weighted by Gasteiger charge is 2.10. The van der Waals surface area contributed by atoms with Gasteiger partial charge in [-0.15, -0.1) is 0 Å². The molecule has 0 aliphatic heterocycles. The summed E-state index contributed by atoms with van der Waals surface area (Å²) in [6, 6.07) is 3.41. The van der Waals surface area contributed by atoms with Gasteiger partial charge >= 0.3 is 0 Å². The number of allylic oxidation sites excluding steroid dienone is 1. The van der Waals surface area contributed by atoms with Crippen molar-refractivity contribution in [2.45, 2.75) is 13.3 Å². The largest absolute Gasteiger partial charge is 0.542 e. The van der Waals surface area contributed by atoms with Crippen molar-refractivity contribution in [1.82, 2.24) is 0 Å². The van der Waals surface area contributed by atoms with Crippen LogP contribution in [0.15, 0.2) is 37.4 Å². The van der Waals surface area contributed by atoms with Gasteiger partial charge in [0.25, 0.3) is 0 Å². The van der Waals surface area contributed by atoms with Gasteiger partial charge in [-0.1, -0.05) is 6.92 Å². The van der Waals surface area contributed by atoms with Gasteiger partial charge in [0.15, 0.2) is 0 Å². The van der Waals surface area contributed by atoms with Gasteiger partial charge in [-0.05, 0) is 72.4 Å². The quantitative estimate of drug-likeness (QED) is 0.420. The number of carbonyl (C=O) groups is 1. The molecule has 1 aromatic carbocycles. The molecular weight excluding hydrogens is 420 g/mol. The lowest BCUT2D eigenvalue weighted by molar-refractivity contribution is -0.302. The molecule has 0 aromatic heterocycles. The van der Waals surface area contributed by atoms with Crippen molar-refractivity contribution in [3.63, 3.8) is 0 Å². The Morgan fingerprint density at radius 3 is 2.53 bits per heavy atom. The molecule has 0 bridgehead atoms. The zero-order valence-electron chi connectivity index (χ0n) is 8.80. The van der Waals surface area contributed by atoms with Gasteiger partial charge in [-0.25, -0.2) is 0 Å². The highest BCUT2D eigenvalue weighted by atomic mass is 79.9. The van der Waals surface area contributed by atoms with E-state index in [-0.39, 0.29) is 5.76 Å². The van der Waals surface area contributed by atoms with E-state index in [9.17, 15) is 9.90 Å². The zero-order chi connectivity index (χ0) is 13.0. The molecule has 1 rings (SSSR count). The molecule has 0 heterocycles. The molecule has 0 unspecified atom stereocenters. The second-order valence-electron chi connectivity index (χ2n) is 3.04. The van der Waals surface area contributed by atoms with Crippen LogP contribution in [-0.2, 0) is 4.79 Å². The first-order valence-electron chi connectivity index (χ1n) is 4.70. The van der Waals surface area contributed by atoms with Crippen LogP contribution in [0, 0.1) is 0 Å². The summed E-state index contributed by atoms with van der Waals surface area (Å²) in [6.07, 6.45) is 2.01. The second-order valence-corrected chi connectivity index (χ2v) is 5.48. The van der Waals surface area contributed by atoms with Crippen molar-refractivity contribution in [3.05, 3.63) is 37.4 Å². The predicted molar refractivity (Wildman–Crippen MR) is 73.6 cm³/mol. The SMILES string of the molecule is CC/C=C(/Oc1ccc(Br)c(Br)c1Br)C(=O)[O-]. The maximum Gasteiger partial charge on any atom is 0.146 e. The number of hydrogen-bond donors (Lipinski definition) is 0. The van der Waals surface area contributed by atoms with Gasteiger partial charge in [0.2, 0.25) is 0 Å². The highest BCUT2D eigenvalue weighted by Crippen LogP contribution is 2.38. The minimum Gasteiger partial charge on any atom is -0.542 e. The van der Waals surface area contributed by atoms with E-state index in [1.54, 1.807) is 12.1 Å². The number of carbonyl (C=O) groups excluding carboxylic acids is 1. The lowest BCUT2D eigenvalue weighted by Gasteiger charge is -2.13. The fourth-order valence-corrected chi connectivity index (χ4v) is 2.41. The number of benzene rings is 1. The molecule has 17 heavy (non-hydrogen) atoms. The van der Waals surface area contributed by atoms with E-state index in [0.29, 0.717) is 16.6 Å². The fraction of sp³-hybridized carbons (Fsp3) is 0.182. The van der Waals surface area contributed by atoms with Crippen molar-refractivity contribution >= 4 is 53.8 Å². The van der Waals surface area contributed by atoms with Crippen LogP contribution in [0.2, 0.25) is 0 Å². The fourth-order valence-electron chi connectivity index (χ4n) is 1.06. The monoisotopic (exact) mass is 425 g/mol. The average Bonchev–Trinajstić information content (AvgIpc) is 2.28. The summed E-state index contributed by atoms with van der Waals surface area (Å²) in [7, 11) is 0. The number of carboxylic acids is 1. The molecule has 0 radical (unpaired) electrons. The second kappa shape index (κ2) is 6.56. The van der Waals surface area contributed by atoms with Crippen LogP contribution in [0.1, 0.15) is 13.3 Å². The molecule has 0 spiro atoms. The highest BCUT2D eigenvalue weighted by molar-refractivity contribution is 9.14. The molecule has 0 aliphatic rings. The van der Waals surface area contributed by atoms with Crippen molar-refractivity contribution in [2.24, 2.45) is 0 Å². The number of aliphatic carboxylic acids is 1. The van der Waals surface area contributed by atoms with Gasteiger partial charge in [-0.3, -0.25) is 0 Å². The third-order valence-electron chi connectivity index (χ3n) is 1.81. The van der Waals surface area contributed by atoms with E-state index in [0.717, 1.165) is 8.95 Å². The minimum absolute atomic E-state index is 0.192. The first-order chi connectivity index (χ1) is 7.97. The van der Waals surface area contributed by atoms with Crippen molar-refractivity contribution in [2.75, 3.05) is 0 Å². The Balaban J connectivity index is 3.07. The molecule has 0 saturated carbocycles. The van der Waals surface area contributed by atoms with E-state index < -0.39 is 5.97 Å². The molecule has 1 aromatic rings. The predicted octanol–water partition coefficient (Wildman–Crippen LogP) is 3.40. The van der Waals surface area contributed by atoms with Crippen LogP contribution in [0.25, 0.3) is 0 Å². The molecule has 0 N–H and O–H groups in total. The number of ether oxygens (including phenoxy) is 1. The van der Waals surface area contributed by atoms with Crippen molar-refractivity contribution in [1.29, 1.82) is 0 Å². The smallest absolute Gasteiger partial charge is 0.146 e. The molecule has 92 valence electrons. The lowest BCUT2D eigenvalue weighted by atomic mass is 10.3. The number of hydrogen-bond acceptors (Lipinski definition) is 3. The molecule has 0 aliphatic carbocycles. The Hall–Kier alpha value is -0.330. The van der Waals surface area contributed by atoms with Crippen LogP contribution in [-0.4, -0.2) is 5.97 Å². The summed E-state index contributed by atoms with van der Waals surface area (Å²) in [5.41, 5.74) is 0. The summed E-state index contributed by atoms with van der Waals surface area (Å²) in [5.74, 6) is -1.12. The number of halogens is 3. The normalized spacial score (nSPS) is 11.4. The zero-order valence-corrected chi connectivity index (χ0v) is 13.6. The summed E-state index contributed by atoms with van der Waals surface area (Å²) in [6.45, 7) is 1.82. The van der Waals surface area contributed by atoms with E-state index in [4.69, 9.17) is 4.74 Å². The van der Waals surface area contributed by atoms with Gasteiger partial charge in [0, 0.05) is 8.95 Å². The summed E-state index contributed by atoms with van der Waals surface area (Å²) < 4.78 is 7.51. The van der Waals surface area contributed by atoms with Crippen LogP contribution >= 0.6 is 47.8 Å². The third-order valence-corrected chi connectivity index (χ3v) is 5.15. The summed E-state index contributed by atoms with van der Waals surface area (Å²) in [4.78, 5) is 10.8. The van der Waals surface area contributed by atoms with Crippen LogP contribution < -0.4 is 9.84 Å². The first-order valence-corrected chi connectivity index (χ1v) is 7.08. The van der Waals surface area contributed by atoms with Gasteiger partial charge in [0.05, 0.1) is 4.47 Å². The van der Waals surface area contributed by atoms with E-state index >= 15 is 0 Å². The molecule has 0 amide bonds. The van der Waals surface area contributed by atoms with Crippen molar-refractivity contribution in [3.8, 4) is 5.75 Å². The summed E-state index contributed by atoms with van der Waals surface area (Å²) >= 11 is 9.99. The van der Waals surface area contributed by atoms with Crippen LogP contribution in [0.3, 0.4) is 0 Å². The van der Waals surface area contributed by atoms with E-state index in [1.165, 1.54) is 6.08 Å². The number of rotatable bonds is 4. The maximum absolute atomic E-state index is 10.8. The topological polar surface area (TPSA) is 49.4 Å². The van der Waals surface area contributed by atoms with Gasteiger partial charge in [-0.2, -0.15) is 0 Å². The van der Waals surface area contributed by atoms with E-state index in [1.807, 2.05) is 6.92 Å². The molecule has 0 fully saturated rings. The summed E-state index contributed by atoms with van der Waals surface area (Å²) in [5, 5.41) is 10.8. The maximum atomic E-state index is 10.8. The van der Waals surface area contributed by atoms with Crippen LogP contribution in [0.5, 0.6) is 5.75 Å². The Morgan fingerprint density at radius 1 is 1.35 bits per heavy atom. The van der Waals surface area contributed by atoms with Gasteiger partial charge in [0.1, 0.15) is 17.5 Å². The lowest BCUT2D eigenvalue weighted by Crippen LogP contribution is -2.27. The molecule has 0 atom stereocenters. The molecular formula is C11H8Br3O3-. The Bertz CT molecular complexity index is 469. The standard InChI is InChI=1S/C11H9Br3O3/c1-2-3-8(11(15)16)17-7-5-4-6(12)9(13)10(7)14/h3-5H,2H2,1H3,(H,15,16)/p-1/b8-3+. The molecule has 3 nitrogen and oxygen atoms in total. The number of carboxylic acid groups (broad SMARTS) is 1. The minimum atomic E-state index is -1.34. The molecule has 0 saturated heterocycles. The Labute approximate surface area is 124 Å². The van der Waals surface area contributed by atoms with E-state index in [2.05, 4.69) is 47.8 Å². The third kappa shape index (κ3) is 3.82. The first kappa shape index (κ1) is 14.7. The Morgan fingerprint density at radius 2 is 2.00 bits per heavy atom. The van der Waals surface area contributed by atoms with Crippen molar-refractivity contribution < 1.29 is 14.6 Å². The van der Waals surface area contributed by atoms with Crippen LogP contribution in [0.4, 0.5) is 0 Å².